The van der Waals surface area contributed by atoms with Crippen LogP contribution in [0.2, 0.25) is 0 Å². The van der Waals surface area contributed by atoms with E-state index in [2.05, 4.69) is 59.8 Å². The van der Waals surface area contributed by atoms with Crippen LogP contribution in [0.3, 0.4) is 0 Å². The lowest BCUT2D eigenvalue weighted by molar-refractivity contribution is -0.141. The van der Waals surface area contributed by atoms with E-state index in [1.54, 1.807) is 37.4 Å². The molecule has 0 bridgehead atoms. The number of rotatable bonds is 29. The molecule has 0 aliphatic heterocycles. The third kappa shape index (κ3) is 18.6. The number of thiol groups is 1. The quantitative estimate of drug-likeness (QED) is 0.0158. The molecule has 2 aromatic rings. The molecule has 1 heterocycles. The van der Waals surface area contributed by atoms with Crippen molar-refractivity contribution in [2.45, 2.75) is 121 Å². The van der Waals surface area contributed by atoms with E-state index in [1.165, 1.54) is 6.92 Å². The highest BCUT2D eigenvalue weighted by molar-refractivity contribution is 7.80. The van der Waals surface area contributed by atoms with Crippen molar-refractivity contribution in [2.75, 3.05) is 12.3 Å². The summed E-state index contributed by atoms with van der Waals surface area (Å²) in [4.78, 5) is 136. The van der Waals surface area contributed by atoms with Crippen LogP contribution in [-0.2, 0) is 54.4 Å². The number of carbonyl (C=O) groups is 10. The first-order valence-corrected chi connectivity index (χ1v) is 21.5. The zero-order valence-electron chi connectivity index (χ0n) is 36.8. The number of para-hydroxylation sites is 1. The molecule has 9 amide bonds. The minimum absolute atomic E-state index is 0.0124. The zero-order valence-corrected chi connectivity index (χ0v) is 37.7. The van der Waals surface area contributed by atoms with Crippen LogP contribution in [-0.4, -0.2) is 141 Å². The van der Waals surface area contributed by atoms with Gasteiger partial charge in [0.15, 0.2) is 5.96 Å². The van der Waals surface area contributed by atoms with E-state index >= 15 is 0 Å². The Kier molecular flexibility index (Phi) is 22.9. The molecule has 0 radical (unpaired) electrons. The molecule has 0 aliphatic rings. The number of carboxylic acids is 1. The number of fused-ring (bicyclic) bond motifs is 1. The Bertz CT molecular complexity index is 2090. The fourth-order valence-corrected chi connectivity index (χ4v) is 6.65. The molecule has 8 atom stereocenters. The summed E-state index contributed by atoms with van der Waals surface area (Å²) in [6, 6.07) is -3.41. The molecule has 0 saturated heterocycles. The molecule has 25 nitrogen and oxygen atoms in total. The number of carboxylic acid groups (broad SMARTS) is 1. The smallest absolute Gasteiger partial charge is 0.327 e. The molecule has 1 aromatic heterocycles. The number of nitrogens with one attached hydrogen (secondary N) is 8. The molecule has 0 aliphatic carbocycles. The highest BCUT2D eigenvalue weighted by Crippen LogP contribution is 2.20. The number of aliphatic hydroxyl groups excluding tert-OH is 1. The molecule has 0 saturated carbocycles. The number of amides is 9. The number of hydrogen-bond acceptors (Lipinski definition) is 13. The summed E-state index contributed by atoms with van der Waals surface area (Å²) >= 11 is 3.93. The lowest BCUT2D eigenvalue weighted by Crippen LogP contribution is -2.62. The van der Waals surface area contributed by atoms with Crippen LogP contribution in [0.5, 0.6) is 0 Å². The fourth-order valence-electron chi connectivity index (χ4n) is 6.41. The number of aliphatic carboxylic acids is 1. The van der Waals surface area contributed by atoms with Crippen LogP contribution in [0, 0.1) is 0 Å². The summed E-state index contributed by atoms with van der Waals surface area (Å²) in [5.41, 5.74) is 22.5. The number of aromatic nitrogens is 1. The second-order valence-electron chi connectivity index (χ2n) is 15.2. The Labute approximate surface area is 384 Å². The number of carbonyl (C=O) groups excluding carboxylic acids is 9. The molecule has 2 rings (SSSR count). The van der Waals surface area contributed by atoms with Crippen molar-refractivity contribution in [3.8, 4) is 0 Å². The van der Waals surface area contributed by atoms with Gasteiger partial charge in [-0.05, 0) is 50.7 Å². The molecule has 18 N–H and O–H groups in total. The highest BCUT2D eigenvalue weighted by atomic mass is 32.1. The second kappa shape index (κ2) is 27.4. The van der Waals surface area contributed by atoms with Crippen molar-refractivity contribution in [1.82, 2.24) is 42.2 Å². The zero-order chi connectivity index (χ0) is 49.7. The minimum atomic E-state index is -1.83. The number of nitrogens with two attached hydrogens (primary N) is 4. The number of H-pyrrole nitrogens is 1. The fraction of sp³-hybridized carbons (Fsp3) is 0.525. The maximum absolute atomic E-state index is 14.1. The topological polar surface area (TPSA) is 428 Å². The number of nitrogens with zero attached hydrogens (tertiary/aromatic N) is 1. The Morgan fingerprint density at radius 3 is 1.67 bits per heavy atom. The Morgan fingerprint density at radius 2 is 1.17 bits per heavy atom. The number of hydrogen-bond donors (Lipinski definition) is 15. The van der Waals surface area contributed by atoms with Gasteiger partial charge in [0.05, 0.1) is 6.10 Å². The molecular formula is C40H61N13O12S. The number of aromatic amines is 1. The normalized spacial score (nSPS) is 14.6. The van der Waals surface area contributed by atoms with Gasteiger partial charge < -0.3 is 75.3 Å². The van der Waals surface area contributed by atoms with Crippen LogP contribution in [0.1, 0.15) is 71.3 Å². The van der Waals surface area contributed by atoms with Gasteiger partial charge in [-0.15, -0.1) is 0 Å². The Morgan fingerprint density at radius 1 is 0.682 bits per heavy atom. The highest BCUT2D eigenvalue weighted by Gasteiger charge is 2.36. The van der Waals surface area contributed by atoms with E-state index in [-0.39, 0.29) is 50.4 Å². The van der Waals surface area contributed by atoms with Crippen LogP contribution >= 0.6 is 12.6 Å². The summed E-state index contributed by atoms with van der Waals surface area (Å²) in [6.07, 6.45) is -1.61. The van der Waals surface area contributed by atoms with E-state index in [0.717, 1.165) is 6.92 Å². The molecular weight excluding hydrogens is 887 g/mol. The maximum Gasteiger partial charge on any atom is 0.327 e. The molecule has 364 valence electrons. The average molecular weight is 948 g/mol. The monoisotopic (exact) mass is 947 g/mol. The van der Waals surface area contributed by atoms with Gasteiger partial charge in [0.1, 0.15) is 42.3 Å². The predicted molar refractivity (Wildman–Crippen MR) is 241 cm³/mol. The summed E-state index contributed by atoms with van der Waals surface area (Å²) in [7, 11) is 0. The molecule has 1 aromatic carbocycles. The SMILES string of the molecule is CC[C@H](NC(=O)[C@@H](CCCN=C(N)N)NC(C)=O)C(=O)N[C@@H](CCC(N)=O)C(=O)N[C@H](C(=O)N[C@@H](Cc1c[nH]c2ccccc12)C(=O)N[C@@H](CCC(N)=O)C(=O)N[C@@H](CS)C(=O)O)[C@@H](C)O. The van der Waals surface area contributed by atoms with Gasteiger partial charge in [-0.1, -0.05) is 25.1 Å². The number of aliphatic hydroxyl groups is 1. The molecule has 0 fully saturated rings. The van der Waals surface area contributed by atoms with E-state index < -0.39 is 127 Å². The van der Waals surface area contributed by atoms with Gasteiger partial charge in [-0.3, -0.25) is 48.1 Å². The van der Waals surface area contributed by atoms with E-state index in [9.17, 15) is 58.2 Å². The van der Waals surface area contributed by atoms with Crippen LogP contribution in [0.15, 0.2) is 35.5 Å². The van der Waals surface area contributed by atoms with E-state index in [0.29, 0.717) is 16.5 Å². The third-order valence-corrected chi connectivity index (χ3v) is 10.3. The van der Waals surface area contributed by atoms with E-state index in [1.807, 2.05) is 0 Å². The maximum atomic E-state index is 14.1. The Hall–Kier alpha value is -6.96. The van der Waals surface area contributed by atoms with Gasteiger partial charge in [-0.2, -0.15) is 12.6 Å². The molecule has 66 heavy (non-hydrogen) atoms. The lowest BCUT2D eigenvalue weighted by Gasteiger charge is -2.28. The van der Waals surface area contributed by atoms with Crippen molar-refractivity contribution in [1.29, 1.82) is 0 Å². The average Bonchev–Trinajstić information content (AvgIpc) is 3.65. The first-order valence-electron chi connectivity index (χ1n) is 20.9. The van der Waals surface area contributed by atoms with Crippen molar-refractivity contribution >= 4 is 88.6 Å². The largest absolute Gasteiger partial charge is 0.480 e. The summed E-state index contributed by atoms with van der Waals surface area (Å²) in [5, 5.41) is 37.9. The second-order valence-corrected chi connectivity index (χ2v) is 15.6. The number of benzene rings is 1. The van der Waals surface area contributed by atoms with Gasteiger partial charge in [0.25, 0.3) is 0 Å². The van der Waals surface area contributed by atoms with E-state index in [4.69, 9.17) is 22.9 Å². The first kappa shape index (κ1) is 55.2. The number of guanidine groups is 1. The van der Waals surface area contributed by atoms with Gasteiger partial charge in [0.2, 0.25) is 53.2 Å². The van der Waals surface area contributed by atoms with Crippen molar-refractivity contribution in [3.05, 3.63) is 36.0 Å². The van der Waals surface area contributed by atoms with Crippen molar-refractivity contribution in [3.63, 3.8) is 0 Å². The standard InChI is InChI=1S/C40H61N13O12S/c1-4-23(48-34(59)25(47-20(3)55)10-7-15-45-40(43)44)33(58)49-27(12-14-31(42)57)36(61)53-32(19(2)54)38(63)51-28(16-21-17-46-24-9-6-5-8-22(21)24)37(62)50-26(11-13-30(41)56)35(60)52-29(18-66)39(64)65/h5-6,8-9,17,19,23,25-29,32,46,54,66H,4,7,10-16,18H2,1-3H3,(H2,41,56)(H2,42,57)(H,47,55)(H,48,59)(H,49,58)(H,50,62)(H,51,63)(H,52,60)(H,53,61)(H,64,65)(H4,43,44,45)/t19-,23+,25-,26+,27+,28+,29+,32+/m1/s1. The van der Waals surface area contributed by atoms with Crippen LogP contribution in [0.4, 0.5) is 0 Å². The lowest BCUT2D eigenvalue weighted by atomic mass is 10.0. The minimum Gasteiger partial charge on any atom is -0.480 e. The molecule has 0 spiro atoms. The summed E-state index contributed by atoms with van der Waals surface area (Å²) < 4.78 is 0. The van der Waals surface area contributed by atoms with Gasteiger partial charge in [-0.25, -0.2) is 4.79 Å². The summed E-state index contributed by atoms with van der Waals surface area (Å²) in [6.45, 7) is 4.03. The van der Waals surface area contributed by atoms with Crippen LogP contribution < -0.4 is 60.2 Å². The molecule has 26 heteroatoms. The van der Waals surface area contributed by atoms with Crippen molar-refractivity contribution < 1.29 is 58.2 Å². The number of aliphatic imine (C=N–C) groups is 1. The van der Waals surface area contributed by atoms with Crippen LogP contribution in [0.25, 0.3) is 10.9 Å². The predicted octanol–water partition coefficient (Wildman–Crippen LogP) is -4.49. The van der Waals surface area contributed by atoms with Crippen molar-refractivity contribution in [2.24, 2.45) is 27.9 Å². The third-order valence-electron chi connectivity index (χ3n) is 9.90. The first-order chi connectivity index (χ1) is 31.1. The van der Waals surface area contributed by atoms with Gasteiger partial charge in [0, 0.05) is 55.6 Å². The molecule has 0 unspecified atom stereocenters. The van der Waals surface area contributed by atoms with Gasteiger partial charge >= 0.3 is 5.97 Å². The number of primary amides is 2. The summed E-state index contributed by atoms with van der Waals surface area (Å²) in [5.74, 6) is -10.0. The Balaban J connectivity index is 2.42.